The number of thioether (sulfide) groups is 1. The molecule has 4 heterocycles. The molecule has 11 aliphatic rings. The number of thiazole rings is 3. The molecule has 1 amide bonds. The molecule has 27 heteroatoms. The standard InChI is InChI=1S/C23H23N3OS.C18H21NO3S.C18H19NO2S.C17H17NO2S.C12H13NO2S.C6H9ClO.C6H8N2.CH4O/c24-17-5-1-2-6-18(17)25-21(27)15-9-11-16(12-10-15)23(13-14-23)22-26-19-7-3-4-8-20(19)28-22;1-22-15(20)12-5-7-13(8-6-12)17(10-11-17)16-19-18(21)9-3-2-4-14(18)23-16;1-21-16(20)12-6-8-13(9-7-12)18(10-11-18)17-19-14-4-2-3-5-15(14)22-17;19-15(20)11-5-7-12(8-6-11)17(9-10-17)16-18-13-3-1-2-4-14(13)21-16;1-15-10(14)8-2-4-9(5-3-8)12(6-7-12)11(13)16;2*7-5-3-1-2-4-6(5)8;1-2/h1-2,5-6,9-12H,3-4,7-8,13-14,24H2,(H,25,27);5-8,14,21H,2-4,9-11H2,1H3;6-9H,2-5,10-11H2,1H3;5-8H,1-4,9-10H2,(H,19,20);2-5H,6-7H2,1H3,(H2,13,16);5H,1-4H2;1-4H,7-8H2;2H,1H3. The molecular formula is C101H114ClN9O12S5. The third kappa shape index (κ3) is 21.3. The number of aliphatic imine (C=N–C) groups is 1. The number of fused-ring (bicyclic) bond motifs is 4. The van der Waals surface area contributed by atoms with Gasteiger partial charge in [0.25, 0.3) is 5.91 Å². The van der Waals surface area contributed by atoms with E-state index in [1.807, 2.05) is 137 Å². The van der Waals surface area contributed by atoms with Gasteiger partial charge in [0, 0.05) is 60.8 Å². The monoisotopic (exact) mass is 1840 g/mol. The third-order valence-corrected chi connectivity index (χ3v) is 32.9. The summed E-state index contributed by atoms with van der Waals surface area (Å²) in [5.74, 6) is -1.69. The Balaban J connectivity index is 0.000000124. The van der Waals surface area contributed by atoms with E-state index in [-0.39, 0.29) is 67.3 Å². The molecule has 128 heavy (non-hydrogen) atoms. The van der Waals surface area contributed by atoms with Crippen LogP contribution in [0.2, 0.25) is 0 Å². The van der Waals surface area contributed by atoms with Gasteiger partial charge in [0.2, 0.25) is 0 Å². The Morgan fingerprint density at radius 2 is 0.789 bits per heavy atom. The average molecular weight is 1840 g/mol. The topological polar surface area (TPSA) is 358 Å². The van der Waals surface area contributed by atoms with Gasteiger partial charge >= 0.3 is 23.9 Å². The van der Waals surface area contributed by atoms with Gasteiger partial charge in [-0.15, -0.1) is 57.4 Å². The highest BCUT2D eigenvalue weighted by atomic mass is 35.5. The fourth-order valence-electron chi connectivity index (χ4n) is 17.7. The molecule has 7 saturated carbocycles. The molecule has 0 spiro atoms. The normalized spacial score (nSPS) is 20.2. The van der Waals surface area contributed by atoms with Gasteiger partial charge in [-0.3, -0.25) is 9.59 Å². The summed E-state index contributed by atoms with van der Waals surface area (Å²) in [6.45, 7) is 0. The van der Waals surface area contributed by atoms with E-state index < -0.39 is 11.7 Å². The van der Waals surface area contributed by atoms with E-state index in [0.29, 0.717) is 62.0 Å². The third-order valence-electron chi connectivity index (χ3n) is 26.4. The molecule has 7 aromatic carbocycles. The molecule has 0 radical (unpaired) electrons. The van der Waals surface area contributed by atoms with Crippen molar-refractivity contribution >= 4 is 138 Å². The number of aliphatic hydroxyl groups excluding tert-OH is 1. The number of carboxylic acids is 1. The van der Waals surface area contributed by atoms with Crippen LogP contribution in [0, 0.1) is 0 Å². The van der Waals surface area contributed by atoms with Crippen LogP contribution in [0.5, 0.6) is 0 Å². The highest BCUT2D eigenvalue weighted by Crippen LogP contribution is 2.60. The Morgan fingerprint density at radius 1 is 0.438 bits per heavy atom. The maximum atomic E-state index is 12.6. The molecular weight excluding hydrogens is 1730 g/mol. The average Bonchev–Trinajstić information content (AvgIpc) is 1.59. The second-order valence-corrected chi connectivity index (χ2v) is 40.1. The number of ketones is 1. The number of ether oxygens (including phenoxy) is 3. The van der Waals surface area contributed by atoms with Crippen LogP contribution in [-0.2, 0) is 84.6 Å². The van der Waals surface area contributed by atoms with Gasteiger partial charge < -0.3 is 57.8 Å². The van der Waals surface area contributed by atoms with Crippen LogP contribution in [0.25, 0.3) is 0 Å². The van der Waals surface area contributed by atoms with Crippen molar-refractivity contribution in [1.29, 1.82) is 0 Å². The number of nitrogens with one attached hydrogen (secondary N) is 1. The first-order chi connectivity index (χ1) is 61.8. The fourth-order valence-corrected chi connectivity index (χ4v) is 24.2. The molecule has 0 saturated heterocycles. The molecule has 10 aromatic rings. The van der Waals surface area contributed by atoms with Crippen LogP contribution in [0.15, 0.2) is 175 Å². The predicted molar refractivity (Wildman–Crippen MR) is 516 cm³/mol. The number of carbonyl (C=O) groups excluding carboxylic acids is 5. The summed E-state index contributed by atoms with van der Waals surface area (Å²) >= 11 is 18.2. The number of halogens is 1. The van der Waals surface area contributed by atoms with E-state index in [1.54, 1.807) is 54.2 Å². The summed E-state index contributed by atoms with van der Waals surface area (Å²) in [4.78, 5) is 93.3. The second-order valence-electron chi connectivity index (χ2n) is 34.7. The van der Waals surface area contributed by atoms with Crippen molar-refractivity contribution in [3.05, 3.63) is 272 Å². The number of esters is 3. The van der Waals surface area contributed by atoms with E-state index in [0.717, 1.165) is 140 Å². The first-order valence-corrected chi connectivity index (χ1v) is 48.7. The summed E-state index contributed by atoms with van der Waals surface area (Å²) in [6.07, 6.45) is 33.5. The van der Waals surface area contributed by atoms with Crippen LogP contribution in [-0.4, -0.2) is 121 Å². The number of hydrogen-bond acceptors (Lipinski definition) is 23. The molecule has 3 unspecified atom stereocenters. The molecule has 21 nitrogen and oxygen atoms in total. The number of aromatic nitrogens is 3. The molecule has 3 atom stereocenters. The number of nitrogens with two attached hydrogens (primary N) is 4. The van der Waals surface area contributed by atoms with E-state index in [9.17, 15) is 33.9 Å². The lowest BCUT2D eigenvalue weighted by molar-refractivity contribution is -0.119. The highest BCUT2D eigenvalue weighted by Gasteiger charge is 2.57. The number of aromatic carboxylic acids is 1. The molecule has 21 rings (SSSR count). The summed E-state index contributed by atoms with van der Waals surface area (Å²) in [5, 5.41) is 34.7. The van der Waals surface area contributed by atoms with Gasteiger partial charge in [-0.05, 0) is 286 Å². The minimum atomic E-state index is -0.865. The van der Waals surface area contributed by atoms with Crippen molar-refractivity contribution < 1.29 is 58.3 Å². The number of hydrogen-bond donors (Lipinski definition) is 8. The van der Waals surface area contributed by atoms with Gasteiger partial charge in [0.05, 0.1) is 104 Å². The Labute approximate surface area is 775 Å². The van der Waals surface area contributed by atoms with Crippen LogP contribution in [0.3, 0.4) is 0 Å². The number of thiocarbonyl (C=S) groups is 1. The largest absolute Gasteiger partial charge is 0.478 e. The number of nitrogens with zero attached hydrogens (tertiary/aromatic N) is 4. The number of rotatable bonds is 16. The van der Waals surface area contributed by atoms with Crippen LogP contribution in [0.4, 0.5) is 22.7 Å². The SMILES string of the molecule is CO.COC(=O)c1ccc(C2(C(N)=S)CC2)cc1.COC(=O)c1ccc(C2(C3=NC4(O)CCCCC4S3)CC2)cc1.COC(=O)c1ccc(C2(c3nc4c(s3)CCCC4)CC2)cc1.Nc1ccccc1N.Nc1ccccc1NC(=O)c1ccc(C2(c3nc4c(s3)CCCC4)CC2)cc1.O=C(O)c1ccc(C2(c3nc4c(s3)CCCC4)CC2)cc1.O=C1CCCCC1Cl. The van der Waals surface area contributed by atoms with E-state index in [4.69, 9.17) is 86.4 Å². The summed E-state index contributed by atoms with van der Waals surface area (Å²) in [7, 11) is 5.18. The van der Waals surface area contributed by atoms with Crippen molar-refractivity contribution in [2.75, 3.05) is 51.0 Å². The summed E-state index contributed by atoms with van der Waals surface area (Å²) < 4.78 is 14.2. The Kier molecular flexibility index (Phi) is 30.4. The van der Waals surface area contributed by atoms with Crippen LogP contribution in [0.1, 0.15) is 280 Å². The number of para-hydroxylation sites is 4. The number of nitrogen functional groups attached to an aromatic ring is 3. The zero-order valence-corrected chi connectivity index (χ0v) is 77.9. The number of Topliss-reactive ketones (excluding diaryl/α,β-unsaturated/α-hetero) is 1. The van der Waals surface area contributed by atoms with Gasteiger partial charge in [-0.2, -0.15) is 0 Å². The minimum absolute atomic E-state index is 0.0353. The van der Waals surface area contributed by atoms with Gasteiger partial charge in [-0.1, -0.05) is 110 Å². The van der Waals surface area contributed by atoms with Crippen molar-refractivity contribution in [3.63, 3.8) is 0 Å². The van der Waals surface area contributed by atoms with Gasteiger partial charge in [-0.25, -0.2) is 39.1 Å². The Morgan fingerprint density at radius 3 is 1.12 bits per heavy atom. The molecule has 1 aliphatic heterocycles. The zero-order valence-electron chi connectivity index (χ0n) is 73.1. The fraction of sp³-hybridized carbons (Fsp3) is 0.416. The maximum absolute atomic E-state index is 12.6. The molecule has 10 aliphatic carbocycles. The second kappa shape index (κ2) is 41.4. The molecule has 12 N–H and O–H groups in total. The number of amides is 1. The lowest BCUT2D eigenvalue weighted by Crippen LogP contribution is -2.38. The number of anilines is 4. The van der Waals surface area contributed by atoms with E-state index >= 15 is 0 Å². The van der Waals surface area contributed by atoms with E-state index in [1.165, 1.54) is 155 Å². The molecule has 0 bridgehead atoms. The van der Waals surface area contributed by atoms with Gasteiger partial charge in [0.15, 0.2) is 11.5 Å². The first-order valence-electron chi connectivity index (χ1n) is 44.5. The van der Waals surface area contributed by atoms with Gasteiger partial charge in [0.1, 0.15) is 15.0 Å². The van der Waals surface area contributed by atoms with Crippen LogP contribution >= 0.6 is 69.6 Å². The molecule has 672 valence electrons. The van der Waals surface area contributed by atoms with Crippen molar-refractivity contribution in [1.82, 2.24) is 15.0 Å². The smallest absolute Gasteiger partial charge is 0.337 e. The van der Waals surface area contributed by atoms with Crippen molar-refractivity contribution in [2.45, 2.75) is 236 Å². The number of carboxylic acid groups (broad SMARTS) is 1. The number of alkyl halides is 1. The van der Waals surface area contributed by atoms with Crippen molar-refractivity contribution in [2.24, 2.45) is 10.7 Å². The number of aliphatic hydroxyl groups is 2. The Bertz CT molecular complexity index is 5570. The summed E-state index contributed by atoms with van der Waals surface area (Å²) in [6, 6.07) is 52.8. The lowest BCUT2D eigenvalue weighted by atomic mass is 9.91. The summed E-state index contributed by atoms with van der Waals surface area (Å²) in [5.41, 5.74) is 36.9. The molecule has 7 fully saturated rings. The molecule has 3 aromatic heterocycles. The number of benzene rings is 7. The maximum Gasteiger partial charge on any atom is 0.337 e. The number of carbonyl (C=O) groups is 6. The van der Waals surface area contributed by atoms with Crippen molar-refractivity contribution in [3.8, 4) is 0 Å². The zero-order chi connectivity index (χ0) is 90.6. The number of aryl methyl sites for hydroxylation is 6. The van der Waals surface area contributed by atoms with Crippen LogP contribution < -0.4 is 28.3 Å². The van der Waals surface area contributed by atoms with E-state index in [2.05, 4.69) is 34.3 Å². The Hall–Kier alpha value is -10.0. The highest BCUT2D eigenvalue weighted by molar-refractivity contribution is 8.15. The quantitative estimate of drug-likeness (QED) is 0.0146. The predicted octanol–water partition coefficient (Wildman–Crippen LogP) is 19.9. The first kappa shape index (κ1) is 94.1. The lowest BCUT2D eigenvalue weighted by Gasteiger charge is -2.30. The minimum Gasteiger partial charge on any atom is -0.478 e. The number of methoxy groups -OCH3 is 3.